The van der Waals surface area contributed by atoms with Gasteiger partial charge < -0.3 is 9.84 Å². The first-order valence-electron chi connectivity index (χ1n) is 7.39. The molecule has 1 heterocycles. The molecule has 0 spiro atoms. The summed E-state index contributed by atoms with van der Waals surface area (Å²) in [5.74, 6) is 0.279. The normalized spacial score (nSPS) is 18.8. The Hall–Kier alpha value is -2.58. The number of para-hydroxylation sites is 1. The van der Waals surface area contributed by atoms with Crippen molar-refractivity contribution in [2.75, 3.05) is 0 Å². The monoisotopic (exact) mass is 288 g/mol. The molecule has 2 nitrogen and oxygen atoms in total. The summed E-state index contributed by atoms with van der Waals surface area (Å²) in [4.78, 5) is 0. The maximum atomic E-state index is 10.2. The van der Waals surface area contributed by atoms with E-state index in [1.54, 1.807) is 6.07 Å². The van der Waals surface area contributed by atoms with E-state index in [-0.39, 0.29) is 11.9 Å². The summed E-state index contributed by atoms with van der Waals surface area (Å²) in [5.41, 5.74) is 2.53. The van der Waals surface area contributed by atoms with Crippen LogP contribution in [0.5, 0.6) is 5.75 Å². The minimum absolute atomic E-state index is 0.168. The van der Waals surface area contributed by atoms with E-state index in [2.05, 4.69) is 24.3 Å². The molecule has 1 unspecified atom stereocenters. The number of phenols is 1. The first-order chi connectivity index (χ1) is 10.8. The van der Waals surface area contributed by atoms with Crippen molar-refractivity contribution in [3.05, 3.63) is 102 Å². The summed E-state index contributed by atoms with van der Waals surface area (Å²) >= 11 is 0. The number of benzene rings is 3. The molecular formula is C20H16O2. The number of ether oxygens (including phenoxy) is 1. The van der Waals surface area contributed by atoms with Gasteiger partial charge in [0, 0.05) is 5.56 Å². The fourth-order valence-electron chi connectivity index (χ4n) is 3.12. The second kappa shape index (κ2) is 5.00. The van der Waals surface area contributed by atoms with E-state index in [0.717, 1.165) is 16.7 Å². The molecule has 0 aliphatic carbocycles. The number of hydrogen-bond donors (Lipinski definition) is 1. The second-order valence-corrected chi connectivity index (χ2v) is 5.52. The molecule has 3 aromatic rings. The summed E-state index contributed by atoms with van der Waals surface area (Å²) < 4.78 is 6.18. The third kappa shape index (κ3) is 1.92. The zero-order chi connectivity index (χ0) is 15.0. The third-order valence-electron chi connectivity index (χ3n) is 4.24. The predicted molar refractivity (Wildman–Crippen MR) is 85.6 cm³/mol. The molecule has 108 valence electrons. The van der Waals surface area contributed by atoms with Crippen LogP contribution in [0.1, 0.15) is 22.8 Å². The molecule has 0 radical (unpaired) electrons. The molecule has 3 aromatic carbocycles. The van der Waals surface area contributed by atoms with Crippen molar-refractivity contribution in [3.63, 3.8) is 0 Å². The highest BCUT2D eigenvalue weighted by molar-refractivity contribution is 5.49. The van der Waals surface area contributed by atoms with Gasteiger partial charge in [0.15, 0.2) is 0 Å². The van der Waals surface area contributed by atoms with Gasteiger partial charge in [0.1, 0.15) is 17.5 Å². The Morgan fingerprint density at radius 3 is 1.73 bits per heavy atom. The molecule has 0 amide bonds. The average Bonchev–Trinajstić information content (AvgIpc) is 3.34. The average molecular weight is 288 g/mol. The summed E-state index contributed by atoms with van der Waals surface area (Å²) in [6.45, 7) is 0. The molecule has 0 bridgehead atoms. The van der Waals surface area contributed by atoms with Gasteiger partial charge in [0.25, 0.3) is 0 Å². The second-order valence-electron chi connectivity index (χ2n) is 5.52. The molecule has 1 atom stereocenters. The van der Waals surface area contributed by atoms with E-state index in [1.807, 2.05) is 54.6 Å². The summed E-state index contributed by atoms with van der Waals surface area (Å²) in [7, 11) is 0. The Labute approximate surface area is 129 Å². The fraction of sp³-hybridized carbons (Fsp3) is 0.100. The Kier molecular flexibility index (Phi) is 2.98. The lowest BCUT2D eigenvalue weighted by molar-refractivity contribution is 0.326. The zero-order valence-electron chi connectivity index (χ0n) is 12.0. The molecule has 2 heteroatoms. The number of aromatic hydroxyl groups is 1. The van der Waals surface area contributed by atoms with Crippen molar-refractivity contribution in [1.82, 2.24) is 0 Å². The van der Waals surface area contributed by atoms with E-state index in [4.69, 9.17) is 4.74 Å². The predicted octanol–water partition coefficient (Wildman–Crippen LogP) is 4.41. The molecule has 0 saturated carbocycles. The molecular weight excluding hydrogens is 272 g/mol. The summed E-state index contributed by atoms with van der Waals surface area (Å²) in [5, 5.41) is 10.2. The van der Waals surface area contributed by atoms with Gasteiger partial charge in [0.05, 0.1) is 0 Å². The lowest BCUT2D eigenvalue weighted by atomic mass is 9.85. The number of rotatable bonds is 3. The minimum Gasteiger partial charge on any atom is -0.508 e. The van der Waals surface area contributed by atoms with Gasteiger partial charge in [-0.2, -0.15) is 0 Å². The molecule has 4 rings (SSSR count). The van der Waals surface area contributed by atoms with Crippen molar-refractivity contribution in [2.24, 2.45) is 0 Å². The smallest absolute Gasteiger partial charge is 0.149 e. The van der Waals surface area contributed by atoms with Gasteiger partial charge in [-0.1, -0.05) is 78.9 Å². The molecule has 0 aromatic heterocycles. The highest BCUT2D eigenvalue weighted by atomic mass is 16.6. The molecule has 1 fully saturated rings. The molecule has 1 N–H and O–H groups in total. The first-order valence-corrected chi connectivity index (χ1v) is 7.39. The van der Waals surface area contributed by atoms with Gasteiger partial charge in [-0.25, -0.2) is 0 Å². The standard InChI is InChI=1S/C20H16O2/c21-18-14-8-7-13-17(18)19-20(22-19,15-9-3-1-4-10-15)16-11-5-2-6-12-16/h1-14,19,21H. The Morgan fingerprint density at radius 2 is 1.18 bits per heavy atom. The van der Waals surface area contributed by atoms with Gasteiger partial charge in [-0.05, 0) is 17.2 Å². The van der Waals surface area contributed by atoms with Crippen LogP contribution in [0.25, 0.3) is 0 Å². The third-order valence-corrected chi connectivity index (χ3v) is 4.24. The van der Waals surface area contributed by atoms with Crippen LogP contribution in [0.2, 0.25) is 0 Å². The quantitative estimate of drug-likeness (QED) is 0.724. The van der Waals surface area contributed by atoms with Crippen LogP contribution in [0.4, 0.5) is 0 Å². The first kappa shape index (κ1) is 13.1. The van der Waals surface area contributed by atoms with Crippen LogP contribution in [0.15, 0.2) is 84.9 Å². The van der Waals surface area contributed by atoms with Crippen LogP contribution in [0.3, 0.4) is 0 Å². The Morgan fingerprint density at radius 1 is 0.682 bits per heavy atom. The van der Waals surface area contributed by atoms with Crippen molar-refractivity contribution in [2.45, 2.75) is 11.7 Å². The lowest BCUT2D eigenvalue weighted by Gasteiger charge is -2.14. The Balaban J connectivity index is 1.85. The van der Waals surface area contributed by atoms with Crippen LogP contribution in [-0.4, -0.2) is 5.11 Å². The number of phenolic OH excluding ortho intramolecular Hbond substituents is 1. The largest absolute Gasteiger partial charge is 0.508 e. The molecule has 1 aliphatic rings. The summed E-state index contributed by atoms with van der Waals surface area (Å²) in [6, 6.07) is 27.8. The van der Waals surface area contributed by atoms with Gasteiger partial charge in [-0.15, -0.1) is 0 Å². The summed E-state index contributed by atoms with van der Waals surface area (Å²) in [6.07, 6.45) is -0.168. The topological polar surface area (TPSA) is 32.8 Å². The van der Waals surface area contributed by atoms with Crippen LogP contribution in [0, 0.1) is 0 Å². The maximum absolute atomic E-state index is 10.2. The van der Waals surface area contributed by atoms with Crippen molar-refractivity contribution in [3.8, 4) is 5.75 Å². The van der Waals surface area contributed by atoms with Gasteiger partial charge in [-0.3, -0.25) is 0 Å². The number of epoxide rings is 1. The highest BCUT2D eigenvalue weighted by Gasteiger charge is 2.60. The fourth-order valence-corrected chi connectivity index (χ4v) is 3.12. The van der Waals surface area contributed by atoms with E-state index in [1.165, 1.54) is 0 Å². The van der Waals surface area contributed by atoms with Crippen LogP contribution >= 0.6 is 0 Å². The van der Waals surface area contributed by atoms with E-state index < -0.39 is 5.60 Å². The zero-order valence-corrected chi connectivity index (χ0v) is 12.0. The van der Waals surface area contributed by atoms with Gasteiger partial charge in [0.2, 0.25) is 0 Å². The van der Waals surface area contributed by atoms with Crippen molar-refractivity contribution >= 4 is 0 Å². The minimum atomic E-state index is -0.513. The number of hydrogen-bond acceptors (Lipinski definition) is 2. The van der Waals surface area contributed by atoms with E-state index >= 15 is 0 Å². The molecule has 22 heavy (non-hydrogen) atoms. The maximum Gasteiger partial charge on any atom is 0.149 e. The Bertz CT molecular complexity index is 742. The lowest BCUT2D eigenvalue weighted by Crippen LogP contribution is -2.12. The van der Waals surface area contributed by atoms with E-state index in [0.29, 0.717) is 0 Å². The van der Waals surface area contributed by atoms with Crippen molar-refractivity contribution < 1.29 is 9.84 Å². The van der Waals surface area contributed by atoms with Crippen LogP contribution < -0.4 is 0 Å². The highest BCUT2D eigenvalue weighted by Crippen LogP contribution is 2.62. The SMILES string of the molecule is Oc1ccccc1C1OC1(c1ccccc1)c1ccccc1. The van der Waals surface area contributed by atoms with E-state index in [9.17, 15) is 5.11 Å². The van der Waals surface area contributed by atoms with Gasteiger partial charge >= 0.3 is 0 Å². The van der Waals surface area contributed by atoms with Crippen molar-refractivity contribution in [1.29, 1.82) is 0 Å². The molecule has 1 saturated heterocycles. The van der Waals surface area contributed by atoms with Crippen LogP contribution in [-0.2, 0) is 10.3 Å². The molecule has 1 aliphatic heterocycles.